The number of carbonyl (C=O) groups is 2. The van der Waals surface area contributed by atoms with Crippen molar-refractivity contribution in [3.8, 4) is 0 Å². The van der Waals surface area contributed by atoms with Gasteiger partial charge in [0.1, 0.15) is 18.4 Å². The fourth-order valence-corrected chi connectivity index (χ4v) is 4.20. The number of halogens is 2. The fourth-order valence-electron chi connectivity index (χ4n) is 3.08. The summed E-state index contributed by atoms with van der Waals surface area (Å²) < 4.78 is 40.8. The van der Waals surface area contributed by atoms with Crippen LogP contribution in [0.4, 0.5) is 10.1 Å². The van der Waals surface area contributed by atoms with Crippen LogP contribution < -0.4 is 9.62 Å². The second-order valence-electron chi connectivity index (χ2n) is 7.86. The number of hydrogen-bond acceptors (Lipinski definition) is 4. The number of hydrogen-bond donors (Lipinski definition) is 1. The molecule has 0 aromatic heterocycles. The van der Waals surface area contributed by atoms with E-state index in [1.54, 1.807) is 19.1 Å². The first-order valence-electron chi connectivity index (χ1n) is 10.5. The van der Waals surface area contributed by atoms with Crippen LogP contribution in [0.5, 0.6) is 0 Å². The van der Waals surface area contributed by atoms with Crippen LogP contribution >= 0.6 is 15.9 Å². The zero-order chi connectivity index (χ0) is 24.8. The third-order valence-corrected chi connectivity index (χ3v) is 6.89. The molecule has 0 aliphatic rings. The van der Waals surface area contributed by atoms with Crippen molar-refractivity contribution < 1.29 is 22.4 Å². The van der Waals surface area contributed by atoms with E-state index >= 15 is 0 Å². The van der Waals surface area contributed by atoms with Crippen LogP contribution in [-0.4, -0.2) is 50.0 Å². The quantitative estimate of drug-likeness (QED) is 0.497. The fraction of sp³-hybridized carbons (Fsp3) is 0.391. The van der Waals surface area contributed by atoms with E-state index in [-0.39, 0.29) is 24.2 Å². The van der Waals surface area contributed by atoms with E-state index in [0.717, 1.165) is 26.7 Å². The van der Waals surface area contributed by atoms with Crippen LogP contribution in [0.25, 0.3) is 0 Å². The zero-order valence-electron chi connectivity index (χ0n) is 19.1. The Hall–Kier alpha value is -2.46. The highest BCUT2D eigenvalue weighted by atomic mass is 79.9. The number of benzene rings is 2. The maximum atomic E-state index is 14.4. The monoisotopic (exact) mass is 541 g/mol. The SMILES string of the molecule is CCC(C)NC(=O)C(C)N(Cc1ccc(Br)cc1)C(=O)CN(c1ccccc1F)S(C)(=O)=O. The van der Waals surface area contributed by atoms with E-state index in [4.69, 9.17) is 0 Å². The average molecular weight is 542 g/mol. The molecule has 2 aromatic rings. The van der Waals surface area contributed by atoms with E-state index in [1.807, 2.05) is 26.0 Å². The van der Waals surface area contributed by atoms with E-state index in [2.05, 4.69) is 21.2 Å². The first-order valence-corrected chi connectivity index (χ1v) is 13.1. The number of carbonyl (C=O) groups excluding carboxylic acids is 2. The van der Waals surface area contributed by atoms with Gasteiger partial charge in [-0.2, -0.15) is 0 Å². The van der Waals surface area contributed by atoms with Crippen molar-refractivity contribution in [2.24, 2.45) is 0 Å². The summed E-state index contributed by atoms with van der Waals surface area (Å²) in [6.45, 7) is 4.81. The summed E-state index contributed by atoms with van der Waals surface area (Å²) in [7, 11) is -3.98. The first-order chi connectivity index (χ1) is 15.4. The maximum absolute atomic E-state index is 14.4. The number of sulfonamides is 1. The van der Waals surface area contributed by atoms with Gasteiger partial charge in [0.25, 0.3) is 0 Å². The molecule has 1 N–H and O–H groups in total. The van der Waals surface area contributed by atoms with Gasteiger partial charge < -0.3 is 10.2 Å². The van der Waals surface area contributed by atoms with Crippen molar-refractivity contribution in [2.45, 2.75) is 45.8 Å². The Bertz CT molecular complexity index is 1080. The van der Waals surface area contributed by atoms with Gasteiger partial charge in [-0.05, 0) is 50.1 Å². The lowest BCUT2D eigenvalue weighted by Gasteiger charge is -2.32. The lowest BCUT2D eigenvalue weighted by atomic mass is 10.1. The average Bonchev–Trinajstić information content (AvgIpc) is 2.76. The molecule has 2 atom stereocenters. The first kappa shape index (κ1) is 26.8. The summed E-state index contributed by atoms with van der Waals surface area (Å²) in [5.74, 6) is -1.75. The number of nitrogens with zero attached hydrogens (tertiary/aromatic N) is 2. The topological polar surface area (TPSA) is 86.8 Å². The highest BCUT2D eigenvalue weighted by Gasteiger charge is 2.31. The summed E-state index contributed by atoms with van der Waals surface area (Å²) in [5.41, 5.74) is 0.528. The van der Waals surface area contributed by atoms with Crippen LogP contribution in [0.3, 0.4) is 0 Å². The van der Waals surface area contributed by atoms with Gasteiger partial charge in [0.05, 0.1) is 11.9 Å². The number of nitrogens with one attached hydrogen (secondary N) is 1. The number of anilines is 1. The third kappa shape index (κ3) is 7.53. The van der Waals surface area contributed by atoms with Crippen LogP contribution in [0.2, 0.25) is 0 Å². The summed E-state index contributed by atoms with van der Waals surface area (Å²) in [4.78, 5) is 27.5. The molecule has 0 aliphatic carbocycles. The molecule has 180 valence electrons. The Balaban J connectivity index is 2.39. The zero-order valence-corrected chi connectivity index (χ0v) is 21.5. The van der Waals surface area contributed by atoms with Crippen molar-refractivity contribution in [1.29, 1.82) is 0 Å². The molecule has 0 spiro atoms. The van der Waals surface area contributed by atoms with Crippen molar-refractivity contribution in [2.75, 3.05) is 17.1 Å². The number of para-hydroxylation sites is 1. The van der Waals surface area contributed by atoms with Gasteiger partial charge >= 0.3 is 0 Å². The smallest absolute Gasteiger partial charge is 0.244 e. The summed E-state index contributed by atoms with van der Waals surface area (Å²) in [6.07, 6.45) is 1.62. The van der Waals surface area contributed by atoms with Crippen molar-refractivity contribution in [1.82, 2.24) is 10.2 Å². The lowest BCUT2D eigenvalue weighted by molar-refractivity contribution is -0.139. The molecule has 0 aliphatic heterocycles. The van der Waals surface area contributed by atoms with Crippen LogP contribution in [0.1, 0.15) is 32.8 Å². The Kier molecular flexibility index (Phi) is 9.42. The van der Waals surface area contributed by atoms with Crippen LogP contribution in [0.15, 0.2) is 53.0 Å². The second kappa shape index (κ2) is 11.6. The largest absolute Gasteiger partial charge is 0.352 e. The summed E-state index contributed by atoms with van der Waals surface area (Å²) in [6, 6.07) is 11.6. The van der Waals surface area contributed by atoms with Gasteiger partial charge in [0.2, 0.25) is 21.8 Å². The van der Waals surface area contributed by atoms with Crippen LogP contribution in [-0.2, 0) is 26.2 Å². The molecule has 10 heteroatoms. The van der Waals surface area contributed by atoms with Crippen molar-refractivity contribution in [3.05, 3.63) is 64.4 Å². The minimum atomic E-state index is -3.98. The molecule has 0 saturated heterocycles. The molecule has 0 saturated carbocycles. The van der Waals surface area contributed by atoms with Crippen LogP contribution in [0, 0.1) is 5.82 Å². The van der Waals surface area contributed by atoms with Gasteiger partial charge in [0.15, 0.2) is 0 Å². The normalized spacial score (nSPS) is 13.2. The Morgan fingerprint density at radius 1 is 1.09 bits per heavy atom. The molecule has 0 radical (unpaired) electrons. The third-order valence-electron chi connectivity index (χ3n) is 5.23. The maximum Gasteiger partial charge on any atom is 0.244 e. The Labute approximate surface area is 203 Å². The minimum absolute atomic E-state index is 0.0794. The minimum Gasteiger partial charge on any atom is -0.352 e. The lowest BCUT2D eigenvalue weighted by Crippen LogP contribution is -2.52. The number of amides is 2. The highest BCUT2D eigenvalue weighted by Crippen LogP contribution is 2.22. The molecule has 0 bridgehead atoms. The van der Waals surface area contributed by atoms with Gasteiger partial charge in [0, 0.05) is 17.1 Å². The Morgan fingerprint density at radius 2 is 1.70 bits per heavy atom. The highest BCUT2D eigenvalue weighted by molar-refractivity contribution is 9.10. The molecule has 2 rings (SSSR count). The molecular weight excluding hydrogens is 513 g/mol. The van der Waals surface area contributed by atoms with E-state index < -0.39 is 34.3 Å². The van der Waals surface area contributed by atoms with Gasteiger partial charge in [-0.25, -0.2) is 12.8 Å². The predicted molar refractivity (Wildman–Crippen MR) is 131 cm³/mol. The van der Waals surface area contributed by atoms with Gasteiger partial charge in [-0.3, -0.25) is 13.9 Å². The Morgan fingerprint density at radius 3 is 2.24 bits per heavy atom. The van der Waals surface area contributed by atoms with Crippen molar-refractivity contribution >= 4 is 43.5 Å². The predicted octanol–water partition coefficient (Wildman–Crippen LogP) is 3.69. The summed E-state index contributed by atoms with van der Waals surface area (Å²) in [5, 5.41) is 2.85. The molecule has 2 unspecified atom stereocenters. The van der Waals surface area contributed by atoms with Gasteiger partial charge in [-0.1, -0.05) is 47.1 Å². The molecule has 33 heavy (non-hydrogen) atoms. The molecule has 0 heterocycles. The molecule has 2 amide bonds. The number of rotatable bonds is 10. The molecular formula is C23H29BrFN3O4S. The molecule has 2 aromatic carbocycles. The summed E-state index contributed by atoms with van der Waals surface area (Å²) >= 11 is 3.36. The molecule has 7 nitrogen and oxygen atoms in total. The van der Waals surface area contributed by atoms with Gasteiger partial charge in [-0.15, -0.1) is 0 Å². The van der Waals surface area contributed by atoms with Crippen molar-refractivity contribution in [3.63, 3.8) is 0 Å². The van der Waals surface area contributed by atoms with E-state index in [9.17, 15) is 22.4 Å². The van der Waals surface area contributed by atoms with E-state index in [0.29, 0.717) is 6.42 Å². The second-order valence-corrected chi connectivity index (χ2v) is 10.7. The van der Waals surface area contributed by atoms with E-state index in [1.165, 1.54) is 23.1 Å². The molecule has 0 fully saturated rings. The standard InChI is InChI=1S/C23H29BrFN3O4S/c1-5-16(2)26-23(30)17(3)27(14-18-10-12-19(24)13-11-18)22(29)15-28(33(4,31)32)21-9-7-6-8-20(21)25/h6-13,16-17H,5,14-15H2,1-4H3,(H,26,30).